The van der Waals surface area contributed by atoms with Gasteiger partial charge in [0.25, 0.3) is 5.91 Å². The van der Waals surface area contributed by atoms with Crippen molar-refractivity contribution in [3.63, 3.8) is 0 Å². The molecule has 0 unspecified atom stereocenters. The minimum atomic E-state index is -1.70. The maximum Gasteiger partial charge on any atom is 0.388 e. The summed E-state index contributed by atoms with van der Waals surface area (Å²) in [4.78, 5) is 23.2. The second kappa shape index (κ2) is 5.92. The molecule has 6 heteroatoms. The summed E-state index contributed by atoms with van der Waals surface area (Å²) >= 11 is 0. The number of urea groups is 1. The van der Waals surface area contributed by atoms with Crippen molar-refractivity contribution < 1.29 is 18.6 Å². The van der Waals surface area contributed by atoms with E-state index in [4.69, 9.17) is 0 Å². The normalized spacial score (nSPS) is 9.90. The summed E-state index contributed by atoms with van der Waals surface area (Å²) in [6.07, 6.45) is 0. The Labute approximate surface area is 113 Å². The number of hydrogen-bond donors (Lipinski definition) is 0. The lowest BCUT2D eigenvalue weighted by molar-refractivity contribution is 0.0386. The summed E-state index contributed by atoms with van der Waals surface area (Å²) in [5.41, 5.74) is -0.217. The Morgan fingerprint density at radius 2 is 1.30 bits per heavy atom. The zero-order valence-corrected chi connectivity index (χ0v) is 10.2. The number of hydrogen-bond acceptors (Lipinski definition) is 2. The van der Waals surface area contributed by atoms with Gasteiger partial charge in [-0.3, -0.25) is 4.79 Å². The van der Waals surface area contributed by atoms with Crippen LogP contribution in [0.5, 0.6) is 0 Å². The Bertz CT molecular complexity index is 605. The van der Waals surface area contributed by atoms with Gasteiger partial charge in [-0.25, -0.2) is 4.79 Å². The van der Waals surface area contributed by atoms with Gasteiger partial charge in [-0.2, -0.15) is 0 Å². The first-order chi connectivity index (χ1) is 9.61. The van der Waals surface area contributed by atoms with Gasteiger partial charge in [-0.15, -0.1) is 5.12 Å². The van der Waals surface area contributed by atoms with Gasteiger partial charge < -0.3 is 0 Å². The summed E-state index contributed by atoms with van der Waals surface area (Å²) in [6.45, 7) is 0. The fraction of sp³-hybridized carbons (Fsp3) is 0. The smallest absolute Gasteiger partial charge is 0.266 e. The molecule has 20 heavy (non-hydrogen) atoms. The Balaban J connectivity index is 2.15. The quantitative estimate of drug-likeness (QED) is 0.787. The van der Waals surface area contributed by atoms with Crippen LogP contribution >= 0.6 is 0 Å². The topological polar surface area (TPSA) is 40.6 Å². The van der Waals surface area contributed by atoms with Crippen LogP contribution in [-0.4, -0.2) is 17.1 Å². The number of carbonyl (C=O) groups is 2. The molecular weight excluding hydrogens is 266 g/mol. The number of amides is 3. The molecule has 0 aromatic heterocycles. The largest absolute Gasteiger partial charge is 0.388 e. The minimum Gasteiger partial charge on any atom is -0.266 e. The fourth-order valence-electron chi connectivity index (χ4n) is 1.53. The highest BCUT2D eigenvalue weighted by molar-refractivity contribution is 6.06. The lowest BCUT2D eigenvalue weighted by atomic mass is 10.2. The molecule has 0 aliphatic heterocycles. The molecule has 0 atom stereocenters. The van der Waals surface area contributed by atoms with E-state index in [1.165, 1.54) is 48.5 Å². The van der Waals surface area contributed by atoms with Crippen molar-refractivity contribution in [1.29, 1.82) is 0 Å². The van der Waals surface area contributed by atoms with E-state index in [9.17, 15) is 18.6 Å². The van der Waals surface area contributed by atoms with Gasteiger partial charge in [-0.1, -0.05) is 50.5 Å². The number of rotatable bonds is 2. The maximum absolute atomic E-state index is 13.7. The summed E-state index contributed by atoms with van der Waals surface area (Å²) in [7, 11) is 0. The summed E-state index contributed by atoms with van der Waals surface area (Å²) in [5.74, 6) is -1.23. The van der Waals surface area contributed by atoms with Crippen molar-refractivity contribution in [2.45, 2.75) is 0 Å². The van der Waals surface area contributed by atoms with E-state index in [-0.39, 0.29) is 11.3 Å². The average molecular weight is 276 g/mol. The molecule has 2 rings (SSSR count). The first-order valence-corrected chi connectivity index (χ1v) is 5.71. The third-order valence-corrected chi connectivity index (χ3v) is 2.52. The van der Waals surface area contributed by atoms with Gasteiger partial charge in [0.1, 0.15) is 0 Å². The molecule has 4 nitrogen and oxygen atoms in total. The van der Waals surface area contributed by atoms with E-state index >= 15 is 0 Å². The molecule has 102 valence electrons. The summed E-state index contributed by atoms with van der Waals surface area (Å²) < 4.78 is 27.4. The predicted molar refractivity (Wildman–Crippen MR) is 69.1 cm³/mol. The Morgan fingerprint density at radius 3 is 1.85 bits per heavy atom. The van der Waals surface area contributed by atoms with Crippen molar-refractivity contribution in [3.8, 4) is 0 Å². The van der Waals surface area contributed by atoms with E-state index in [1.54, 1.807) is 12.1 Å². The van der Waals surface area contributed by atoms with E-state index in [1.807, 2.05) is 0 Å². The fourth-order valence-corrected chi connectivity index (χ4v) is 1.53. The van der Waals surface area contributed by atoms with Crippen LogP contribution in [0, 0.1) is 0 Å². The number of anilines is 1. The van der Waals surface area contributed by atoms with Gasteiger partial charge >= 0.3 is 6.03 Å². The number of imide groups is 1. The zero-order chi connectivity index (χ0) is 14.5. The Morgan fingerprint density at radius 1 is 0.800 bits per heavy atom. The van der Waals surface area contributed by atoms with E-state index in [0.717, 1.165) is 0 Å². The van der Waals surface area contributed by atoms with Gasteiger partial charge in [0.15, 0.2) is 0 Å². The van der Waals surface area contributed by atoms with Crippen molar-refractivity contribution in [3.05, 3.63) is 66.2 Å². The van der Waals surface area contributed by atoms with E-state index < -0.39 is 22.2 Å². The van der Waals surface area contributed by atoms with Crippen molar-refractivity contribution in [2.24, 2.45) is 0 Å². The molecular formula is C14H10F2N2O2. The highest BCUT2D eigenvalue weighted by Gasteiger charge is 2.29. The van der Waals surface area contributed by atoms with Gasteiger partial charge in [0, 0.05) is 5.56 Å². The first kappa shape index (κ1) is 13.7. The second-order valence-corrected chi connectivity index (χ2v) is 3.85. The van der Waals surface area contributed by atoms with Gasteiger partial charge in [0.2, 0.25) is 0 Å². The molecule has 0 bridgehead atoms. The number of para-hydroxylation sites is 1. The second-order valence-electron chi connectivity index (χ2n) is 3.85. The Kier molecular flexibility index (Phi) is 4.05. The van der Waals surface area contributed by atoms with Crippen LogP contribution < -0.4 is 5.12 Å². The molecule has 0 fully saturated rings. The predicted octanol–water partition coefficient (Wildman–Crippen LogP) is 3.52. The maximum atomic E-state index is 13.7. The molecule has 2 aromatic rings. The van der Waals surface area contributed by atoms with Crippen LogP contribution in [0.25, 0.3) is 0 Å². The van der Waals surface area contributed by atoms with Crippen LogP contribution in [-0.2, 0) is 0 Å². The molecule has 0 saturated heterocycles. The number of halogens is 2. The summed E-state index contributed by atoms with van der Waals surface area (Å²) in [6, 6.07) is 12.7. The van der Waals surface area contributed by atoms with Crippen LogP contribution in [0.1, 0.15) is 10.4 Å². The van der Waals surface area contributed by atoms with Gasteiger partial charge in [0.05, 0.1) is 5.69 Å². The zero-order valence-electron chi connectivity index (χ0n) is 10.2. The molecule has 2 aromatic carbocycles. The van der Waals surface area contributed by atoms with E-state index in [2.05, 4.69) is 0 Å². The molecule has 0 radical (unpaired) electrons. The number of carbonyl (C=O) groups excluding carboxylic acids is 2. The van der Waals surface area contributed by atoms with Crippen molar-refractivity contribution >= 4 is 17.6 Å². The molecule has 0 aliphatic carbocycles. The molecule has 3 amide bonds. The average Bonchev–Trinajstić information content (AvgIpc) is 2.53. The molecule has 0 aliphatic rings. The molecule has 0 saturated carbocycles. The third-order valence-electron chi connectivity index (χ3n) is 2.52. The molecule has 0 N–H and O–H groups in total. The third kappa shape index (κ3) is 2.80. The van der Waals surface area contributed by atoms with Crippen LogP contribution in [0.15, 0.2) is 60.7 Å². The highest BCUT2D eigenvalue weighted by Crippen LogP contribution is 2.17. The minimum absolute atomic E-state index is 0.0511. The standard InChI is InChI=1S/C14H10F2N2O2/c15-17(12-9-5-2-6-10-12)14(20)18(16)13(19)11-7-3-1-4-8-11/h1-10H. The van der Waals surface area contributed by atoms with Crippen LogP contribution in [0.2, 0.25) is 0 Å². The lowest BCUT2D eigenvalue weighted by Gasteiger charge is -2.15. The number of nitrogens with zero attached hydrogens (tertiary/aromatic N) is 2. The summed E-state index contributed by atoms with van der Waals surface area (Å²) in [5, 5.41) is -1.19. The van der Waals surface area contributed by atoms with Crippen LogP contribution in [0.4, 0.5) is 19.4 Å². The molecule has 0 spiro atoms. The SMILES string of the molecule is O=C(c1ccccc1)N(F)C(=O)N(F)c1ccccc1. The monoisotopic (exact) mass is 276 g/mol. The van der Waals surface area contributed by atoms with Crippen molar-refractivity contribution in [2.75, 3.05) is 5.12 Å². The lowest BCUT2D eigenvalue weighted by Crippen LogP contribution is -2.37. The van der Waals surface area contributed by atoms with E-state index in [0.29, 0.717) is 0 Å². The Hall–Kier alpha value is -2.76. The number of benzene rings is 2. The highest BCUT2D eigenvalue weighted by atomic mass is 19.2. The van der Waals surface area contributed by atoms with Gasteiger partial charge in [-0.05, 0) is 24.3 Å². The molecule has 0 heterocycles. The van der Waals surface area contributed by atoms with Crippen LogP contribution in [0.3, 0.4) is 0 Å². The van der Waals surface area contributed by atoms with Crippen molar-refractivity contribution in [1.82, 2.24) is 5.12 Å². The first-order valence-electron chi connectivity index (χ1n) is 5.71.